The van der Waals surface area contributed by atoms with E-state index in [0.717, 1.165) is 11.3 Å². The number of rotatable bonds is 5. The molecule has 1 rings (SSSR count). The minimum Gasteiger partial charge on any atom is -0.491 e. The third-order valence-corrected chi connectivity index (χ3v) is 2.07. The number of nitrogens with two attached hydrogens (primary N) is 1. The Labute approximate surface area is 95.0 Å². The van der Waals surface area contributed by atoms with Gasteiger partial charge in [-0.2, -0.15) is 0 Å². The van der Waals surface area contributed by atoms with Crippen molar-refractivity contribution < 1.29 is 14.6 Å². The molecule has 0 heterocycles. The molecule has 1 aromatic rings. The van der Waals surface area contributed by atoms with Gasteiger partial charge in [0, 0.05) is 6.04 Å². The largest absolute Gasteiger partial charge is 0.491 e. The predicted octanol–water partition coefficient (Wildman–Crippen LogP) is 1.95. The number of aliphatic carboxylic acids is 1. The monoisotopic (exact) mass is 223 g/mol. The second kappa shape index (κ2) is 5.51. The molecule has 0 aliphatic heterocycles. The Hall–Kier alpha value is -1.55. The van der Waals surface area contributed by atoms with Gasteiger partial charge in [-0.15, -0.1) is 0 Å². The maximum atomic E-state index is 10.5. The summed E-state index contributed by atoms with van der Waals surface area (Å²) in [5.74, 6) is -0.128. The Morgan fingerprint density at radius 3 is 2.38 bits per heavy atom. The fourth-order valence-corrected chi connectivity index (χ4v) is 1.37. The molecule has 16 heavy (non-hydrogen) atoms. The van der Waals surface area contributed by atoms with Gasteiger partial charge in [-0.1, -0.05) is 12.1 Å². The van der Waals surface area contributed by atoms with Crippen molar-refractivity contribution >= 4 is 5.97 Å². The average Bonchev–Trinajstić information content (AvgIpc) is 2.16. The van der Waals surface area contributed by atoms with Crippen molar-refractivity contribution in [1.82, 2.24) is 0 Å². The van der Waals surface area contributed by atoms with Crippen LogP contribution in [0.15, 0.2) is 24.3 Å². The van der Waals surface area contributed by atoms with Crippen molar-refractivity contribution in [3.05, 3.63) is 29.8 Å². The Morgan fingerprint density at radius 2 is 1.94 bits per heavy atom. The second-order valence-corrected chi connectivity index (χ2v) is 3.94. The average molecular weight is 223 g/mol. The topological polar surface area (TPSA) is 72.5 Å². The first kappa shape index (κ1) is 12.5. The molecule has 4 nitrogen and oxygen atoms in total. The summed E-state index contributed by atoms with van der Waals surface area (Å²) >= 11 is 0. The first-order valence-electron chi connectivity index (χ1n) is 5.23. The summed E-state index contributed by atoms with van der Waals surface area (Å²) in [6.45, 7) is 3.90. The quantitative estimate of drug-likeness (QED) is 0.800. The highest BCUT2D eigenvalue weighted by atomic mass is 16.5. The zero-order chi connectivity index (χ0) is 12.1. The van der Waals surface area contributed by atoms with Crippen molar-refractivity contribution in [3.63, 3.8) is 0 Å². The number of hydrogen-bond acceptors (Lipinski definition) is 3. The normalized spacial score (nSPS) is 12.5. The van der Waals surface area contributed by atoms with Gasteiger partial charge in [0.2, 0.25) is 0 Å². The number of carbonyl (C=O) groups is 1. The smallest absolute Gasteiger partial charge is 0.305 e. The van der Waals surface area contributed by atoms with Crippen LogP contribution >= 0.6 is 0 Å². The third-order valence-electron chi connectivity index (χ3n) is 2.07. The number of hydrogen-bond donors (Lipinski definition) is 2. The predicted molar refractivity (Wildman–Crippen MR) is 61.4 cm³/mol. The minimum atomic E-state index is -0.894. The molecule has 0 radical (unpaired) electrons. The number of benzene rings is 1. The first-order chi connectivity index (χ1) is 7.49. The lowest BCUT2D eigenvalue weighted by molar-refractivity contribution is -0.137. The molecule has 0 spiro atoms. The summed E-state index contributed by atoms with van der Waals surface area (Å²) in [5.41, 5.74) is 6.53. The molecule has 3 N–H and O–H groups in total. The van der Waals surface area contributed by atoms with Crippen LogP contribution in [-0.2, 0) is 4.79 Å². The lowest BCUT2D eigenvalue weighted by atomic mass is 10.0. The van der Waals surface area contributed by atoms with Crippen LogP contribution in [0.1, 0.15) is 31.9 Å². The Bertz CT molecular complexity index is 346. The number of carboxylic acids is 1. The van der Waals surface area contributed by atoms with Gasteiger partial charge in [0.05, 0.1) is 12.5 Å². The molecule has 0 saturated heterocycles. The van der Waals surface area contributed by atoms with Gasteiger partial charge in [-0.25, -0.2) is 0 Å². The van der Waals surface area contributed by atoms with E-state index in [2.05, 4.69) is 0 Å². The molecule has 0 saturated carbocycles. The molecule has 0 bridgehead atoms. The minimum absolute atomic E-state index is 0.0651. The Kier molecular flexibility index (Phi) is 4.31. The van der Waals surface area contributed by atoms with Crippen molar-refractivity contribution in [2.75, 3.05) is 0 Å². The summed E-state index contributed by atoms with van der Waals surface area (Å²) in [7, 11) is 0. The number of carboxylic acid groups (broad SMARTS) is 1. The molecule has 4 heteroatoms. The van der Waals surface area contributed by atoms with Gasteiger partial charge in [-0.3, -0.25) is 4.79 Å². The summed E-state index contributed by atoms with van der Waals surface area (Å²) in [4.78, 5) is 10.5. The van der Waals surface area contributed by atoms with E-state index in [1.165, 1.54) is 0 Å². The maximum absolute atomic E-state index is 10.5. The van der Waals surface area contributed by atoms with Crippen LogP contribution in [0, 0.1) is 0 Å². The highest BCUT2D eigenvalue weighted by Gasteiger charge is 2.10. The van der Waals surface area contributed by atoms with Crippen molar-refractivity contribution in [1.29, 1.82) is 0 Å². The zero-order valence-electron chi connectivity index (χ0n) is 9.51. The summed E-state index contributed by atoms with van der Waals surface area (Å²) in [6.07, 6.45) is 0.0586. The third kappa shape index (κ3) is 3.90. The van der Waals surface area contributed by atoms with Gasteiger partial charge in [0.25, 0.3) is 0 Å². The lowest BCUT2D eigenvalue weighted by Crippen LogP contribution is -2.15. The molecule has 0 amide bonds. The fraction of sp³-hybridized carbons (Fsp3) is 0.417. The molecule has 1 unspecified atom stereocenters. The summed E-state index contributed by atoms with van der Waals surface area (Å²) in [5, 5.41) is 8.61. The first-order valence-corrected chi connectivity index (χ1v) is 5.23. The number of ether oxygens (including phenoxy) is 1. The van der Waals surface area contributed by atoms with E-state index in [0.29, 0.717) is 0 Å². The van der Waals surface area contributed by atoms with E-state index >= 15 is 0 Å². The van der Waals surface area contributed by atoms with Gasteiger partial charge in [0.15, 0.2) is 0 Å². The molecule has 1 atom stereocenters. The van der Waals surface area contributed by atoms with Gasteiger partial charge in [0.1, 0.15) is 5.75 Å². The molecular weight excluding hydrogens is 206 g/mol. The van der Waals surface area contributed by atoms with E-state index in [-0.39, 0.29) is 12.5 Å². The van der Waals surface area contributed by atoms with Crippen molar-refractivity contribution in [2.45, 2.75) is 32.4 Å². The molecular formula is C12H17NO3. The maximum Gasteiger partial charge on any atom is 0.305 e. The standard InChI is InChI=1S/C12H17NO3/c1-8(2)16-10-5-3-9(4-6-10)11(13)7-12(14)15/h3-6,8,11H,7,13H2,1-2H3,(H,14,15). The van der Waals surface area contributed by atoms with Gasteiger partial charge in [-0.05, 0) is 31.5 Å². The van der Waals surface area contributed by atoms with Crippen LogP contribution in [0.4, 0.5) is 0 Å². The molecule has 0 fully saturated rings. The van der Waals surface area contributed by atoms with E-state index in [9.17, 15) is 4.79 Å². The van der Waals surface area contributed by atoms with Gasteiger partial charge < -0.3 is 15.6 Å². The Morgan fingerprint density at radius 1 is 1.38 bits per heavy atom. The van der Waals surface area contributed by atoms with E-state index in [4.69, 9.17) is 15.6 Å². The van der Waals surface area contributed by atoms with Crippen LogP contribution < -0.4 is 10.5 Å². The molecule has 1 aromatic carbocycles. The Balaban J connectivity index is 2.66. The second-order valence-electron chi connectivity index (χ2n) is 3.94. The lowest BCUT2D eigenvalue weighted by Gasteiger charge is -2.12. The SMILES string of the molecule is CC(C)Oc1ccc(C(N)CC(=O)O)cc1. The van der Waals surface area contributed by atoms with Crippen molar-refractivity contribution in [2.24, 2.45) is 5.73 Å². The van der Waals surface area contributed by atoms with E-state index < -0.39 is 12.0 Å². The van der Waals surface area contributed by atoms with Gasteiger partial charge >= 0.3 is 5.97 Å². The molecule has 0 aromatic heterocycles. The highest BCUT2D eigenvalue weighted by Crippen LogP contribution is 2.19. The van der Waals surface area contributed by atoms with Crippen LogP contribution in [-0.4, -0.2) is 17.2 Å². The summed E-state index contributed by atoms with van der Waals surface area (Å²) < 4.78 is 5.47. The molecule has 0 aliphatic rings. The molecule has 0 aliphatic carbocycles. The van der Waals surface area contributed by atoms with E-state index in [1.54, 1.807) is 24.3 Å². The zero-order valence-corrected chi connectivity index (χ0v) is 9.51. The van der Waals surface area contributed by atoms with E-state index in [1.807, 2.05) is 13.8 Å². The highest BCUT2D eigenvalue weighted by molar-refractivity contribution is 5.67. The van der Waals surface area contributed by atoms with Crippen LogP contribution in [0.25, 0.3) is 0 Å². The van der Waals surface area contributed by atoms with Crippen molar-refractivity contribution in [3.8, 4) is 5.75 Å². The van der Waals surface area contributed by atoms with Crippen LogP contribution in [0.3, 0.4) is 0 Å². The van der Waals surface area contributed by atoms with Crippen LogP contribution in [0.2, 0.25) is 0 Å². The summed E-state index contributed by atoms with van der Waals surface area (Å²) in [6, 6.07) is 6.73. The molecule has 88 valence electrons. The fourth-order valence-electron chi connectivity index (χ4n) is 1.37. The van der Waals surface area contributed by atoms with Crippen LogP contribution in [0.5, 0.6) is 5.75 Å².